The van der Waals surface area contributed by atoms with E-state index >= 15 is 0 Å². The number of nitrogens with two attached hydrogens (primary N) is 1. The lowest BCUT2D eigenvalue weighted by Gasteiger charge is -2.19. The number of carboxylic acid groups (broad SMARTS) is 1. The Hall–Kier alpha value is -1.39. The predicted octanol–water partition coefficient (Wildman–Crippen LogP) is -0.697. The molecule has 0 heterocycles. The van der Waals surface area contributed by atoms with Crippen LogP contribution in [0.25, 0.3) is 0 Å². The standard InChI is InChI=1S/C10H13NO3.CH4/c11-8(9(12)10(13)14)6-7-4-2-1-3-5-7;/h1-5,8-9,12H,6,11H2,(H,13,14);1H4/p-1/t8-,9+;/m0./s1. The zero-order valence-corrected chi connectivity index (χ0v) is 7.59. The van der Waals surface area contributed by atoms with Crippen LogP contribution in [0, 0.1) is 0 Å². The first-order chi connectivity index (χ1) is 6.61. The van der Waals surface area contributed by atoms with E-state index in [1.807, 2.05) is 30.3 Å². The van der Waals surface area contributed by atoms with Gasteiger partial charge in [0, 0.05) is 6.04 Å². The van der Waals surface area contributed by atoms with Crippen LogP contribution in [0.2, 0.25) is 0 Å². The molecule has 3 N–H and O–H groups in total. The first-order valence-corrected chi connectivity index (χ1v) is 4.29. The third-order valence-corrected chi connectivity index (χ3v) is 1.96. The smallest absolute Gasteiger partial charge is 0.109 e. The number of aliphatic carboxylic acids is 1. The van der Waals surface area contributed by atoms with Crippen LogP contribution < -0.4 is 10.8 Å². The van der Waals surface area contributed by atoms with E-state index in [9.17, 15) is 9.90 Å². The Morgan fingerprint density at radius 3 is 2.40 bits per heavy atom. The molecule has 0 unspecified atom stereocenters. The van der Waals surface area contributed by atoms with Gasteiger partial charge in [-0.05, 0) is 12.0 Å². The van der Waals surface area contributed by atoms with E-state index in [0.29, 0.717) is 6.42 Å². The van der Waals surface area contributed by atoms with Gasteiger partial charge in [0.25, 0.3) is 0 Å². The number of carbonyl (C=O) groups is 1. The Bertz CT molecular complexity index is 300. The highest BCUT2D eigenvalue weighted by molar-refractivity contribution is 5.70. The maximum Gasteiger partial charge on any atom is 0.109 e. The average molecular weight is 210 g/mol. The number of hydrogen-bond donors (Lipinski definition) is 2. The molecule has 0 aliphatic heterocycles. The van der Waals surface area contributed by atoms with Crippen molar-refractivity contribution < 1.29 is 15.0 Å². The van der Waals surface area contributed by atoms with Crippen LogP contribution in [0.3, 0.4) is 0 Å². The SMILES string of the molecule is C.N[C@@H](Cc1ccccc1)[C@@H](O)C(=O)[O-]. The molecule has 0 amide bonds. The molecule has 4 nitrogen and oxygen atoms in total. The quantitative estimate of drug-likeness (QED) is 0.688. The molecule has 0 aliphatic carbocycles. The van der Waals surface area contributed by atoms with Crippen molar-refractivity contribution in [2.45, 2.75) is 26.0 Å². The lowest BCUT2D eigenvalue weighted by Crippen LogP contribution is -2.48. The lowest BCUT2D eigenvalue weighted by atomic mass is 10.0. The van der Waals surface area contributed by atoms with Crippen molar-refractivity contribution in [2.75, 3.05) is 0 Å². The summed E-state index contributed by atoms with van der Waals surface area (Å²) in [6.45, 7) is 0. The third kappa shape index (κ3) is 4.10. The molecule has 0 spiro atoms. The topological polar surface area (TPSA) is 86.4 Å². The minimum absolute atomic E-state index is 0. The van der Waals surface area contributed by atoms with Gasteiger partial charge in [0.15, 0.2) is 0 Å². The Morgan fingerprint density at radius 2 is 1.93 bits per heavy atom. The van der Waals surface area contributed by atoms with Crippen LogP contribution in [0.1, 0.15) is 13.0 Å². The van der Waals surface area contributed by atoms with E-state index in [1.165, 1.54) is 0 Å². The fourth-order valence-electron chi connectivity index (χ4n) is 1.17. The highest BCUT2D eigenvalue weighted by Gasteiger charge is 2.15. The van der Waals surface area contributed by atoms with E-state index in [4.69, 9.17) is 10.8 Å². The Morgan fingerprint density at radius 1 is 1.40 bits per heavy atom. The number of carbonyl (C=O) groups excluding carboxylic acids is 1. The van der Waals surface area contributed by atoms with Gasteiger partial charge >= 0.3 is 0 Å². The van der Waals surface area contributed by atoms with Crippen LogP contribution in [0.5, 0.6) is 0 Å². The molecule has 0 aromatic heterocycles. The average Bonchev–Trinajstić information content (AvgIpc) is 2.18. The number of aliphatic hydroxyl groups is 1. The van der Waals surface area contributed by atoms with Gasteiger partial charge in [-0.3, -0.25) is 0 Å². The van der Waals surface area contributed by atoms with E-state index < -0.39 is 18.1 Å². The molecule has 15 heavy (non-hydrogen) atoms. The van der Waals surface area contributed by atoms with Gasteiger partial charge in [0.2, 0.25) is 0 Å². The molecule has 0 aliphatic rings. The largest absolute Gasteiger partial charge is 0.547 e. The van der Waals surface area contributed by atoms with Crippen LogP contribution in [-0.2, 0) is 11.2 Å². The zero-order chi connectivity index (χ0) is 10.6. The van der Waals surface area contributed by atoms with Crippen molar-refractivity contribution in [3.8, 4) is 0 Å². The van der Waals surface area contributed by atoms with Gasteiger partial charge in [-0.2, -0.15) is 0 Å². The predicted molar refractivity (Wildman–Crippen MR) is 55.9 cm³/mol. The second-order valence-electron chi connectivity index (χ2n) is 3.12. The molecule has 0 saturated heterocycles. The Kier molecular flexibility index (Phi) is 5.59. The highest BCUT2D eigenvalue weighted by Crippen LogP contribution is 2.03. The normalized spacial score (nSPS) is 13.7. The summed E-state index contributed by atoms with van der Waals surface area (Å²) in [7, 11) is 0. The van der Waals surface area contributed by atoms with E-state index in [2.05, 4.69) is 0 Å². The van der Waals surface area contributed by atoms with Crippen LogP contribution in [-0.4, -0.2) is 23.2 Å². The summed E-state index contributed by atoms with van der Waals surface area (Å²) in [5, 5.41) is 19.4. The van der Waals surface area contributed by atoms with Crippen molar-refractivity contribution in [3.63, 3.8) is 0 Å². The fourth-order valence-corrected chi connectivity index (χ4v) is 1.17. The van der Waals surface area contributed by atoms with Gasteiger partial charge < -0.3 is 20.7 Å². The summed E-state index contributed by atoms with van der Waals surface area (Å²) in [5.41, 5.74) is 6.37. The number of hydrogen-bond acceptors (Lipinski definition) is 4. The maximum absolute atomic E-state index is 10.3. The number of carboxylic acids is 1. The van der Waals surface area contributed by atoms with Gasteiger partial charge in [-0.25, -0.2) is 0 Å². The summed E-state index contributed by atoms with van der Waals surface area (Å²) >= 11 is 0. The summed E-state index contributed by atoms with van der Waals surface area (Å²) in [5.74, 6) is -1.53. The minimum atomic E-state index is -1.62. The van der Waals surface area contributed by atoms with Gasteiger partial charge in [-0.15, -0.1) is 0 Å². The first-order valence-electron chi connectivity index (χ1n) is 4.29. The summed E-state index contributed by atoms with van der Waals surface area (Å²) in [4.78, 5) is 10.3. The second kappa shape index (κ2) is 6.16. The molecule has 0 bridgehead atoms. The molecule has 0 fully saturated rings. The molecule has 1 rings (SSSR count). The number of aliphatic hydroxyl groups excluding tert-OH is 1. The van der Waals surface area contributed by atoms with Crippen LogP contribution in [0.15, 0.2) is 30.3 Å². The third-order valence-electron chi connectivity index (χ3n) is 1.96. The summed E-state index contributed by atoms with van der Waals surface area (Å²) < 4.78 is 0. The van der Waals surface area contributed by atoms with Gasteiger partial charge in [-0.1, -0.05) is 37.8 Å². The molecule has 0 radical (unpaired) electrons. The van der Waals surface area contributed by atoms with E-state index in [1.54, 1.807) is 0 Å². The Labute approximate surface area is 89.4 Å². The molecule has 0 saturated carbocycles. The molecule has 4 heteroatoms. The van der Waals surface area contributed by atoms with Gasteiger partial charge in [0.05, 0.1) is 5.97 Å². The maximum atomic E-state index is 10.3. The fraction of sp³-hybridized carbons (Fsp3) is 0.364. The van der Waals surface area contributed by atoms with Crippen LogP contribution in [0.4, 0.5) is 0 Å². The van der Waals surface area contributed by atoms with Crippen molar-refractivity contribution in [2.24, 2.45) is 5.73 Å². The summed E-state index contributed by atoms with van der Waals surface area (Å²) in [6.07, 6.45) is -1.30. The summed E-state index contributed by atoms with van der Waals surface area (Å²) in [6, 6.07) is 8.32. The molecule has 84 valence electrons. The highest BCUT2D eigenvalue weighted by atomic mass is 16.4. The zero-order valence-electron chi connectivity index (χ0n) is 7.59. The van der Waals surface area contributed by atoms with E-state index in [-0.39, 0.29) is 7.43 Å². The second-order valence-corrected chi connectivity index (χ2v) is 3.12. The first kappa shape index (κ1) is 13.6. The molecular formula is C11H16NO3-. The van der Waals surface area contributed by atoms with Crippen molar-refractivity contribution in [3.05, 3.63) is 35.9 Å². The van der Waals surface area contributed by atoms with Gasteiger partial charge in [0.1, 0.15) is 6.10 Å². The number of rotatable bonds is 4. The minimum Gasteiger partial charge on any atom is -0.547 e. The van der Waals surface area contributed by atoms with E-state index in [0.717, 1.165) is 5.56 Å². The number of benzene rings is 1. The monoisotopic (exact) mass is 210 g/mol. The van der Waals surface area contributed by atoms with Crippen LogP contribution >= 0.6 is 0 Å². The molecule has 1 aromatic rings. The lowest BCUT2D eigenvalue weighted by molar-refractivity contribution is -0.315. The van der Waals surface area contributed by atoms with Crippen molar-refractivity contribution in [1.82, 2.24) is 0 Å². The molecular weight excluding hydrogens is 194 g/mol. The van der Waals surface area contributed by atoms with Crippen molar-refractivity contribution in [1.29, 1.82) is 0 Å². The molecule has 2 atom stereocenters. The Balaban J connectivity index is 0.00000196. The molecule has 1 aromatic carbocycles. The van der Waals surface area contributed by atoms with Crippen molar-refractivity contribution >= 4 is 5.97 Å².